The number of halogens is 2. The fourth-order valence-electron chi connectivity index (χ4n) is 2.10. The Morgan fingerprint density at radius 3 is 2.63 bits per heavy atom. The van der Waals surface area contributed by atoms with Gasteiger partial charge in [-0.15, -0.1) is 0 Å². The van der Waals surface area contributed by atoms with Crippen molar-refractivity contribution in [3.63, 3.8) is 0 Å². The minimum atomic E-state index is -0.813. The van der Waals surface area contributed by atoms with Crippen molar-refractivity contribution in [2.45, 2.75) is 13.0 Å². The number of amides is 2. The molecule has 0 saturated carbocycles. The van der Waals surface area contributed by atoms with Gasteiger partial charge in [0.25, 0.3) is 11.8 Å². The van der Waals surface area contributed by atoms with Gasteiger partial charge in [0.2, 0.25) is 0 Å². The van der Waals surface area contributed by atoms with Crippen LogP contribution in [0.4, 0.5) is 0 Å². The highest BCUT2D eigenvalue weighted by atomic mass is 79.9. The molecule has 0 heterocycles. The Labute approximate surface area is 173 Å². The summed E-state index contributed by atoms with van der Waals surface area (Å²) in [6.07, 6.45) is 1.28. The normalized spacial score (nSPS) is 11.9. The van der Waals surface area contributed by atoms with Gasteiger partial charge in [0.1, 0.15) is 6.04 Å². The summed E-state index contributed by atoms with van der Waals surface area (Å²) >= 11 is 6.59. The van der Waals surface area contributed by atoms with Gasteiger partial charge in [0.05, 0.1) is 18.9 Å². The SMILES string of the molecule is COc1cc(Br)cc(/C=N/NC(=O)C(C)NC(=O)c2ccccc2Br)c1O. The van der Waals surface area contributed by atoms with Crippen LogP contribution in [0.5, 0.6) is 11.5 Å². The number of methoxy groups -OCH3 is 1. The molecule has 0 aliphatic carbocycles. The van der Waals surface area contributed by atoms with Gasteiger partial charge in [-0.3, -0.25) is 9.59 Å². The average Bonchev–Trinajstić information content (AvgIpc) is 2.64. The summed E-state index contributed by atoms with van der Waals surface area (Å²) < 4.78 is 6.36. The lowest BCUT2D eigenvalue weighted by Crippen LogP contribution is -2.43. The predicted octanol–water partition coefficient (Wildman–Crippen LogP) is 3.19. The monoisotopic (exact) mass is 497 g/mol. The van der Waals surface area contributed by atoms with Gasteiger partial charge >= 0.3 is 0 Å². The van der Waals surface area contributed by atoms with Crippen LogP contribution in [0.1, 0.15) is 22.8 Å². The number of nitrogens with one attached hydrogen (secondary N) is 2. The second-order valence-electron chi connectivity index (χ2n) is 5.46. The summed E-state index contributed by atoms with van der Waals surface area (Å²) in [4.78, 5) is 24.3. The molecular formula is C18H17Br2N3O4. The standard InChI is InChI=1S/C18H17Br2N3O4/c1-10(22-18(26)13-5-3-4-6-14(13)20)17(25)23-21-9-11-7-12(19)8-15(27-2)16(11)24/h3-10,24H,1-2H3,(H,22,26)(H,23,25)/b21-9+. The molecule has 142 valence electrons. The molecule has 0 aliphatic heterocycles. The van der Waals surface area contributed by atoms with Crippen molar-refractivity contribution in [2.75, 3.05) is 7.11 Å². The van der Waals surface area contributed by atoms with Crippen LogP contribution in [0, 0.1) is 0 Å². The van der Waals surface area contributed by atoms with Gasteiger partial charge < -0.3 is 15.2 Å². The zero-order chi connectivity index (χ0) is 20.0. The third-order valence-corrected chi connectivity index (χ3v) is 4.68. The zero-order valence-electron chi connectivity index (χ0n) is 14.5. The van der Waals surface area contributed by atoms with Crippen LogP contribution < -0.4 is 15.5 Å². The predicted molar refractivity (Wildman–Crippen MR) is 109 cm³/mol. The molecule has 0 bridgehead atoms. The summed E-state index contributed by atoms with van der Waals surface area (Å²) in [5.74, 6) is -0.725. The van der Waals surface area contributed by atoms with E-state index in [4.69, 9.17) is 4.74 Å². The molecule has 2 aromatic carbocycles. The van der Waals surface area contributed by atoms with Crippen molar-refractivity contribution in [3.8, 4) is 11.5 Å². The summed E-state index contributed by atoms with van der Waals surface area (Å²) in [5.41, 5.74) is 3.10. The Kier molecular flexibility index (Phi) is 7.37. The van der Waals surface area contributed by atoms with Crippen LogP contribution >= 0.6 is 31.9 Å². The van der Waals surface area contributed by atoms with E-state index in [0.29, 0.717) is 20.1 Å². The van der Waals surface area contributed by atoms with Crippen molar-refractivity contribution < 1.29 is 19.4 Å². The van der Waals surface area contributed by atoms with Gasteiger partial charge in [-0.05, 0) is 47.1 Å². The number of hydrazone groups is 1. The number of nitrogens with zero attached hydrogens (tertiary/aromatic N) is 1. The Balaban J connectivity index is 1.99. The van der Waals surface area contributed by atoms with Gasteiger partial charge in [-0.2, -0.15) is 5.10 Å². The molecule has 0 fully saturated rings. The maximum atomic E-state index is 12.2. The maximum absolute atomic E-state index is 12.2. The first-order chi connectivity index (χ1) is 12.8. The number of rotatable bonds is 6. The van der Waals surface area contributed by atoms with Crippen LogP contribution in [0.3, 0.4) is 0 Å². The molecule has 0 aromatic heterocycles. The van der Waals surface area contributed by atoms with Crippen LogP contribution in [0.25, 0.3) is 0 Å². The van der Waals surface area contributed by atoms with E-state index in [9.17, 15) is 14.7 Å². The van der Waals surface area contributed by atoms with E-state index < -0.39 is 11.9 Å². The Morgan fingerprint density at radius 2 is 1.96 bits per heavy atom. The fourth-order valence-corrected chi connectivity index (χ4v) is 3.02. The van der Waals surface area contributed by atoms with E-state index in [0.717, 1.165) is 0 Å². The summed E-state index contributed by atoms with van der Waals surface area (Å²) in [6.45, 7) is 1.54. The molecule has 0 aliphatic rings. The number of phenols is 1. The van der Waals surface area contributed by atoms with Crippen LogP contribution in [0.2, 0.25) is 0 Å². The van der Waals surface area contributed by atoms with E-state index in [1.165, 1.54) is 13.3 Å². The molecule has 2 aromatic rings. The van der Waals surface area contributed by atoms with E-state index in [2.05, 4.69) is 47.7 Å². The highest BCUT2D eigenvalue weighted by molar-refractivity contribution is 9.10. The molecule has 2 amide bonds. The molecule has 3 N–H and O–H groups in total. The second-order valence-corrected chi connectivity index (χ2v) is 7.23. The molecule has 0 radical (unpaired) electrons. The first-order valence-electron chi connectivity index (χ1n) is 7.78. The van der Waals surface area contributed by atoms with E-state index >= 15 is 0 Å². The minimum Gasteiger partial charge on any atom is -0.504 e. The lowest BCUT2D eigenvalue weighted by Gasteiger charge is -2.13. The third-order valence-electron chi connectivity index (χ3n) is 3.53. The summed E-state index contributed by atoms with van der Waals surface area (Å²) in [7, 11) is 1.43. The Bertz CT molecular complexity index is 887. The largest absolute Gasteiger partial charge is 0.504 e. The van der Waals surface area contributed by atoms with Crippen molar-refractivity contribution in [1.82, 2.24) is 10.7 Å². The second kappa shape index (κ2) is 9.52. The molecular weight excluding hydrogens is 482 g/mol. The molecule has 0 spiro atoms. The van der Waals surface area contributed by atoms with Crippen molar-refractivity contribution >= 4 is 49.9 Å². The van der Waals surface area contributed by atoms with Gasteiger partial charge in [0.15, 0.2) is 11.5 Å². The zero-order valence-corrected chi connectivity index (χ0v) is 17.7. The van der Waals surface area contributed by atoms with Crippen molar-refractivity contribution in [3.05, 3.63) is 56.5 Å². The molecule has 1 unspecified atom stereocenters. The number of aromatic hydroxyl groups is 1. The number of ether oxygens (including phenoxy) is 1. The lowest BCUT2D eigenvalue weighted by atomic mass is 10.2. The lowest BCUT2D eigenvalue weighted by molar-refractivity contribution is -0.122. The number of carbonyl (C=O) groups excluding carboxylic acids is 2. The Hall–Kier alpha value is -2.39. The number of benzene rings is 2. The highest BCUT2D eigenvalue weighted by Crippen LogP contribution is 2.32. The fraction of sp³-hybridized carbons (Fsp3) is 0.167. The van der Waals surface area contributed by atoms with Crippen LogP contribution in [-0.2, 0) is 4.79 Å². The third kappa shape index (κ3) is 5.54. The smallest absolute Gasteiger partial charge is 0.262 e. The first-order valence-corrected chi connectivity index (χ1v) is 9.37. The van der Waals surface area contributed by atoms with Gasteiger partial charge in [-0.1, -0.05) is 28.1 Å². The van der Waals surface area contributed by atoms with Gasteiger partial charge in [0, 0.05) is 14.5 Å². The van der Waals surface area contributed by atoms with E-state index in [1.54, 1.807) is 43.3 Å². The molecule has 9 heteroatoms. The first kappa shape index (κ1) is 20.9. The van der Waals surface area contributed by atoms with Crippen molar-refractivity contribution in [1.29, 1.82) is 0 Å². The van der Waals surface area contributed by atoms with Crippen LogP contribution in [0.15, 0.2) is 50.4 Å². The Morgan fingerprint density at radius 1 is 1.26 bits per heavy atom. The molecule has 27 heavy (non-hydrogen) atoms. The molecule has 7 nitrogen and oxygen atoms in total. The summed E-state index contributed by atoms with van der Waals surface area (Å²) in [6, 6.07) is 9.31. The van der Waals surface area contributed by atoms with Crippen molar-refractivity contribution in [2.24, 2.45) is 5.10 Å². The molecule has 1 atom stereocenters. The average molecular weight is 499 g/mol. The number of hydrogen-bond acceptors (Lipinski definition) is 5. The number of carbonyl (C=O) groups is 2. The quantitative estimate of drug-likeness (QED) is 0.420. The number of hydrogen-bond donors (Lipinski definition) is 3. The van der Waals surface area contributed by atoms with Gasteiger partial charge in [-0.25, -0.2) is 5.43 Å². The number of phenolic OH excluding ortho intramolecular Hbond substituents is 1. The molecule has 0 saturated heterocycles. The highest BCUT2D eigenvalue weighted by Gasteiger charge is 2.17. The maximum Gasteiger partial charge on any atom is 0.262 e. The topological polar surface area (TPSA) is 100 Å². The molecule has 2 rings (SSSR count). The van der Waals surface area contributed by atoms with E-state index in [1.807, 2.05) is 0 Å². The van der Waals surface area contributed by atoms with E-state index in [-0.39, 0.29) is 17.4 Å². The minimum absolute atomic E-state index is 0.103. The van der Waals surface area contributed by atoms with Crippen LogP contribution in [-0.4, -0.2) is 36.3 Å². The summed E-state index contributed by atoms with van der Waals surface area (Å²) in [5, 5.41) is 16.5.